The quantitative estimate of drug-likeness (QED) is 0.552. The lowest BCUT2D eigenvalue weighted by molar-refractivity contribution is 0.0599. The molecule has 1 aromatic heterocycles. The van der Waals surface area contributed by atoms with Crippen LogP contribution < -0.4 is 0 Å². The predicted octanol–water partition coefficient (Wildman–Crippen LogP) is 0.572. The summed E-state index contributed by atoms with van der Waals surface area (Å²) in [5.41, 5.74) is 1.23. The molecule has 0 atom stereocenters. The molecule has 0 bridgehead atoms. The van der Waals surface area contributed by atoms with Crippen LogP contribution in [0.25, 0.3) is 0 Å². The second kappa shape index (κ2) is 3.09. The van der Waals surface area contributed by atoms with E-state index < -0.39 is 0 Å². The summed E-state index contributed by atoms with van der Waals surface area (Å²) < 4.78 is 4.51. The van der Waals surface area contributed by atoms with Gasteiger partial charge in [0.1, 0.15) is 0 Å². The number of carbonyl (C=O) groups excluding carboxylic acids is 1. The molecule has 11 heavy (non-hydrogen) atoms. The summed E-state index contributed by atoms with van der Waals surface area (Å²) in [6.45, 7) is 1.78. The molecule has 0 saturated heterocycles. The zero-order chi connectivity index (χ0) is 8.27. The number of hydrogen-bond acceptors (Lipinski definition) is 4. The summed E-state index contributed by atoms with van der Waals surface area (Å²) in [6.07, 6.45) is 2.91. The van der Waals surface area contributed by atoms with Crippen LogP contribution in [0.3, 0.4) is 0 Å². The molecular formula is C7H8N2O2. The van der Waals surface area contributed by atoms with Gasteiger partial charge in [-0.3, -0.25) is 0 Å². The molecule has 0 radical (unpaired) electrons. The fraction of sp³-hybridized carbons (Fsp3) is 0.286. The zero-order valence-electron chi connectivity index (χ0n) is 6.37. The first-order chi connectivity index (χ1) is 5.25. The third-order valence-corrected chi connectivity index (χ3v) is 1.34. The molecule has 0 saturated carbocycles. The van der Waals surface area contributed by atoms with Gasteiger partial charge in [-0.2, -0.15) is 10.2 Å². The maximum Gasteiger partial charge on any atom is 0.339 e. The molecule has 1 heterocycles. The van der Waals surface area contributed by atoms with E-state index in [1.54, 1.807) is 6.92 Å². The first kappa shape index (κ1) is 7.65. The Kier molecular flexibility index (Phi) is 2.15. The number of carbonyl (C=O) groups is 1. The number of nitrogens with zero attached hydrogens (tertiary/aromatic N) is 2. The van der Waals surface area contributed by atoms with Gasteiger partial charge in [0.05, 0.1) is 25.1 Å². The summed E-state index contributed by atoms with van der Waals surface area (Å²) in [5, 5.41) is 7.17. The van der Waals surface area contributed by atoms with E-state index in [9.17, 15) is 4.79 Å². The Morgan fingerprint density at radius 3 is 2.64 bits per heavy atom. The van der Waals surface area contributed by atoms with Crippen molar-refractivity contribution in [3.63, 3.8) is 0 Å². The normalized spacial score (nSPS) is 9.27. The van der Waals surface area contributed by atoms with E-state index in [2.05, 4.69) is 14.9 Å². The van der Waals surface area contributed by atoms with E-state index in [1.165, 1.54) is 19.5 Å². The standard InChI is InChI=1S/C7H8N2O2/c1-5-3-8-9-4-6(5)7(10)11-2/h3-4H,1-2H3. The van der Waals surface area contributed by atoms with Crippen molar-refractivity contribution in [1.29, 1.82) is 0 Å². The monoisotopic (exact) mass is 152 g/mol. The van der Waals surface area contributed by atoms with Gasteiger partial charge in [0.15, 0.2) is 0 Å². The van der Waals surface area contributed by atoms with Crippen LogP contribution in [0.15, 0.2) is 12.4 Å². The van der Waals surface area contributed by atoms with Crippen molar-refractivity contribution < 1.29 is 9.53 Å². The fourth-order valence-electron chi connectivity index (χ4n) is 0.706. The minimum absolute atomic E-state index is 0.377. The van der Waals surface area contributed by atoms with Gasteiger partial charge in [0.25, 0.3) is 0 Å². The molecule has 0 N–H and O–H groups in total. The van der Waals surface area contributed by atoms with Crippen molar-refractivity contribution in [1.82, 2.24) is 10.2 Å². The Hall–Kier alpha value is -1.45. The van der Waals surface area contributed by atoms with Crippen LogP contribution in [0.4, 0.5) is 0 Å². The summed E-state index contributed by atoms with van der Waals surface area (Å²) in [4.78, 5) is 10.9. The molecule has 0 aliphatic heterocycles. The molecule has 4 heteroatoms. The molecule has 4 nitrogen and oxygen atoms in total. The highest BCUT2D eigenvalue weighted by Gasteiger charge is 2.07. The van der Waals surface area contributed by atoms with Gasteiger partial charge in [-0.05, 0) is 12.5 Å². The topological polar surface area (TPSA) is 52.1 Å². The molecule has 1 aromatic rings. The third-order valence-electron chi connectivity index (χ3n) is 1.34. The van der Waals surface area contributed by atoms with Crippen molar-refractivity contribution in [2.45, 2.75) is 6.92 Å². The number of rotatable bonds is 1. The van der Waals surface area contributed by atoms with Crippen LogP contribution in [-0.2, 0) is 4.74 Å². The highest BCUT2D eigenvalue weighted by atomic mass is 16.5. The zero-order valence-corrected chi connectivity index (χ0v) is 6.37. The van der Waals surface area contributed by atoms with Gasteiger partial charge in [-0.1, -0.05) is 0 Å². The van der Waals surface area contributed by atoms with E-state index >= 15 is 0 Å². The smallest absolute Gasteiger partial charge is 0.339 e. The minimum Gasteiger partial charge on any atom is -0.465 e. The van der Waals surface area contributed by atoms with Gasteiger partial charge < -0.3 is 4.74 Å². The largest absolute Gasteiger partial charge is 0.465 e. The Bertz CT molecular complexity index is 273. The maximum absolute atomic E-state index is 10.9. The van der Waals surface area contributed by atoms with E-state index in [0.717, 1.165) is 5.56 Å². The molecule has 0 fully saturated rings. The number of aromatic nitrogens is 2. The summed E-state index contributed by atoms with van der Waals surface area (Å²) in [5.74, 6) is -0.377. The lowest BCUT2D eigenvalue weighted by atomic mass is 10.2. The van der Waals surface area contributed by atoms with E-state index in [-0.39, 0.29) is 5.97 Å². The number of aryl methyl sites for hydroxylation is 1. The van der Waals surface area contributed by atoms with E-state index in [0.29, 0.717) is 5.56 Å². The number of esters is 1. The first-order valence-electron chi connectivity index (χ1n) is 3.11. The average molecular weight is 152 g/mol. The van der Waals surface area contributed by atoms with Crippen molar-refractivity contribution in [2.24, 2.45) is 0 Å². The van der Waals surface area contributed by atoms with Gasteiger partial charge in [0, 0.05) is 0 Å². The third kappa shape index (κ3) is 1.52. The van der Waals surface area contributed by atoms with Crippen LogP contribution in [0.5, 0.6) is 0 Å². The highest BCUT2D eigenvalue weighted by Crippen LogP contribution is 2.03. The van der Waals surface area contributed by atoms with Gasteiger partial charge in [-0.25, -0.2) is 4.79 Å². The molecule has 0 amide bonds. The average Bonchev–Trinajstić information content (AvgIpc) is 2.04. The van der Waals surface area contributed by atoms with Gasteiger partial charge in [0.2, 0.25) is 0 Å². The molecule has 58 valence electrons. The van der Waals surface area contributed by atoms with Crippen LogP contribution in [-0.4, -0.2) is 23.3 Å². The minimum atomic E-state index is -0.377. The molecule has 0 spiro atoms. The number of ether oxygens (including phenoxy) is 1. The SMILES string of the molecule is COC(=O)c1cnncc1C. The molecular weight excluding hydrogens is 144 g/mol. The molecule has 0 unspecified atom stereocenters. The van der Waals surface area contributed by atoms with E-state index in [1.807, 2.05) is 0 Å². The fourth-order valence-corrected chi connectivity index (χ4v) is 0.706. The second-order valence-corrected chi connectivity index (χ2v) is 2.08. The van der Waals surface area contributed by atoms with E-state index in [4.69, 9.17) is 0 Å². The predicted molar refractivity (Wildman–Crippen MR) is 38.1 cm³/mol. The molecule has 0 aliphatic rings. The van der Waals surface area contributed by atoms with Crippen molar-refractivity contribution in [2.75, 3.05) is 7.11 Å². The number of hydrogen-bond donors (Lipinski definition) is 0. The Labute approximate surface area is 64.2 Å². The Balaban J connectivity index is 3.03. The second-order valence-electron chi connectivity index (χ2n) is 2.08. The molecule has 0 aromatic carbocycles. The maximum atomic E-state index is 10.9. The highest BCUT2D eigenvalue weighted by molar-refractivity contribution is 5.90. The molecule has 0 aliphatic carbocycles. The summed E-state index contributed by atoms with van der Waals surface area (Å²) >= 11 is 0. The Morgan fingerprint density at radius 2 is 2.09 bits per heavy atom. The lowest BCUT2D eigenvalue weighted by Gasteiger charge is -1.99. The first-order valence-corrected chi connectivity index (χ1v) is 3.11. The molecule has 1 rings (SSSR count). The van der Waals surface area contributed by atoms with Crippen molar-refractivity contribution in [3.8, 4) is 0 Å². The summed E-state index contributed by atoms with van der Waals surface area (Å²) in [7, 11) is 1.34. The number of methoxy groups -OCH3 is 1. The van der Waals surface area contributed by atoms with Gasteiger partial charge in [-0.15, -0.1) is 0 Å². The van der Waals surface area contributed by atoms with Crippen molar-refractivity contribution in [3.05, 3.63) is 23.5 Å². The lowest BCUT2D eigenvalue weighted by Crippen LogP contribution is -2.04. The van der Waals surface area contributed by atoms with Crippen LogP contribution in [0.1, 0.15) is 15.9 Å². The summed E-state index contributed by atoms with van der Waals surface area (Å²) in [6, 6.07) is 0. The van der Waals surface area contributed by atoms with Crippen LogP contribution in [0, 0.1) is 6.92 Å². The van der Waals surface area contributed by atoms with Crippen LogP contribution in [0.2, 0.25) is 0 Å². The Morgan fingerprint density at radius 1 is 1.45 bits per heavy atom. The van der Waals surface area contributed by atoms with Gasteiger partial charge >= 0.3 is 5.97 Å². The van der Waals surface area contributed by atoms with Crippen LogP contribution >= 0.6 is 0 Å². The van der Waals surface area contributed by atoms with Crippen molar-refractivity contribution >= 4 is 5.97 Å².